The van der Waals surface area contributed by atoms with Crippen LogP contribution in [0.3, 0.4) is 0 Å². The number of carbonyl (C=O) groups excluding carboxylic acids is 5. The van der Waals surface area contributed by atoms with E-state index in [9.17, 15) is 39.3 Å². The van der Waals surface area contributed by atoms with E-state index in [0.717, 1.165) is 0 Å². The summed E-state index contributed by atoms with van der Waals surface area (Å²) in [4.78, 5) is 67.7. The minimum absolute atomic E-state index is 0.0989. The Morgan fingerprint density at radius 3 is 2.29 bits per heavy atom. The highest BCUT2D eigenvalue weighted by atomic mass is 32.2. The smallest absolute Gasteiger partial charge is 0.235 e. The van der Waals surface area contributed by atoms with Crippen molar-refractivity contribution in [1.29, 1.82) is 0 Å². The van der Waals surface area contributed by atoms with Gasteiger partial charge in [-0.05, 0) is 44.0 Å². The number of benzene rings is 1. The van der Waals surface area contributed by atoms with Crippen molar-refractivity contribution in [2.45, 2.75) is 35.5 Å². The van der Waals surface area contributed by atoms with Gasteiger partial charge in [-0.1, -0.05) is 6.92 Å². The lowest BCUT2D eigenvalue weighted by atomic mass is 9.49. The Bertz CT molecular complexity index is 1150. The van der Waals surface area contributed by atoms with Crippen LogP contribution in [0.4, 0.5) is 0 Å². The number of likely N-dealkylation sites (N-methyl/N-ethyl adjacent to an activating group) is 1. The Kier molecular flexibility index (Phi) is 5.75. The first-order valence-electron chi connectivity index (χ1n) is 10.7. The number of hydrogen-bond acceptors (Lipinski definition) is 10. The molecule has 0 heterocycles. The number of ketones is 4. The van der Waals surface area contributed by atoms with E-state index in [1.807, 2.05) is 0 Å². The molecule has 3 aliphatic carbocycles. The van der Waals surface area contributed by atoms with Crippen molar-refractivity contribution in [3.8, 4) is 5.75 Å². The molecule has 34 heavy (non-hydrogen) atoms. The number of phenols is 1. The Labute approximate surface area is 199 Å². The van der Waals surface area contributed by atoms with Crippen LogP contribution in [-0.2, 0) is 19.2 Å². The maximum Gasteiger partial charge on any atom is 0.235 e. The van der Waals surface area contributed by atoms with Gasteiger partial charge in [0, 0.05) is 10.8 Å². The second-order valence-corrected chi connectivity index (χ2v) is 10.3. The molecule has 2 unspecified atom stereocenters. The highest BCUT2D eigenvalue weighted by Crippen LogP contribution is 2.55. The van der Waals surface area contributed by atoms with Gasteiger partial charge in [0.25, 0.3) is 0 Å². The summed E-state index contributed by atoms with van der Waals surface area (Å²) in [5.74, 6) is -13.1. The van der Waals surface area contributed by atoms with Gasteiger partial charge in [-0.2, -0.15) is 0 Å². The van der Waals surface area contributed by atoms with E-state index in [-0.39, 0.29) is 11.3 Å². The van der Waals surface area contributed by atoms with Crippen molar-refractivity contribution in [2.24, 2.45) is 29.4 Å². The number of Topliss-reactive ketones (excluding diaryl/α,β-unsaturated/α-hetero) is 4. The number of nitrogens with two attached hydrogens (primary N) is 1. The van der Waals surface area contributed by atoms with Crippen molar-refractivity contribution < 1.29 is 39.3 Å². The quantitative estimate of drug-likeness (QED) is 0.307. The standard InChI is InChI=1S/C23H26N2O8S/c1-7-10-9(34-4)6-5-8(26)12(10)17(27)13-11(7)18(28)15-16(25(2)3)19(29)14(22(24)32)21(31)23(15,33)20(13)30/h5-7,11,13-16,18,26,28,33H,1-4H3,(H2,24,32)/t7-,11+,13?,14?,15+,16-,18-,23-/m0/s1. The second kappa shape index (κ2) is 7.98. The molecule has 1 aromatic rings. The van der Waals surface area contributed by atoms with Gasteiger partial charge in [0.05, 0.1) is 29.5 Å². The lowest BCUT2D eigenvalue weighted by Gasteiger charge is -2.56. The van der Waals surface area contributed by atoms with Gasteiger partial charge in [0.2, 0.25) is 5.91 Å². The predicted octanol–water partition coefficient (Wildman–Crippen LogP) is -0.879. The normalized spacial score (nSPS) is 37.3. The lowest BCUT2D eigenvalue weighted by molar-refractivity contribution is -0.196. The molecule has 0 aromatic heterocycles. The molecule has 3 aliphatic rings. The number of phenolic OH excluding ortho intramolecular Hbond substituents is 1. The molecule has 0 spiro atoms. The van der Waals surface area contributed by atoms with Crippen molar-refractivity contribution in [3.05, 3.63) is 23.3 Å². The molecule has 0 saturated heterocycles. The average Bonchev–Trinajstić information content (AvgIpc) is 2.75. The van der Waals surface area contributed by atoms with Crippen LogP contribution in [-0.4, -0.2) is 87.4 Å². The molecular formula is C23H26N2O8S. The number of rotatable bonds is 3. The topological polar surface area (TPSA) is 175 Å². The van der Waals surface area contributed by atoms with Gasteiger partial charge < -0.3 is 21.1 Å². The Morgan fingerprint density at radius 2 is 1.76 bits per heavy atom. The summed E-state index contributed by atoms with van der Waals surface area (Å²) in [5.41, 5.74) is 2.66. The minimum Gasteiger partial charge on any atom is -0.507 e. The molecule has 2 fully saturated rings. The van der Waals surface area contributed by atoms with Crippen LogP contribution >= 0.6 is 11.8 Å². The third-order valence-corrected chi connectivity index (χ3v) is 8.44. The largest absolute Gasteiger partial charge is 0.507 e. The number of fused-ring (bicyclic) bond motifs is 3. The fourth-order valence-corrected chi connectivity index (χ4v) is 6.92. The Balaban J connectivity index is 1.98. The molecule has 4 rings (SSSR count). The van der Waals surface area contributed by atoms with E-state index in [2.05, 4.69) is 0 Å². The number of carbonyl (C=O) groups is 5. The number of aliphatic hydroxyl groups excluding tert-OH is 1. The Morgan fingerprint density at radius 1 is 1.15 bits per heavy atom. The van der Waals surface area contributed by atoms with Crippen molar-refractivity contribution in [1.82, 2.24) is 4.90 Å². The average molecular weight is 491 g/mol. The molecule has 1 aromatic carbocycles. The maximum absolute atomic E-state index is 13.8. The van der Waals surface area contributed by atoms with Gasteiger partial charge in [0.15, 0.2) is 34.7 Å². The van der Waals surface area contributed by atoms with Crippen molar-refractivity contribution in [3.63, 3.8) is 0 Å². The fraction of sp³-hybridized carbons (Fsp3) is 0.522. The van der Waals surface area contributed by atoms with Gasteiger partial charge in [0.1, 0.15) is 5.75 Å². The third-order valence-electron chi connectivity index (χ3n) is 7.65. The molecular weight excluding hydrogens is 464 g/mol. The predicted molar refractivity (Wildman–Crippen MR) is 119 cm³/mol. The van der Waals surface area contributed by atoms with Gasteiger partial charge in [-0.3, -0.25) is 28.9 Å². The van der Waals surface area contributed by atoms with E-state index < -0.39 is 76.4 Å². The maximum atomic E-state index is 13.8. The highest BCUT2D eigenvalue weighted by Gasteiger charge is 2.72. The van der Waals surface area contributed by atoms with Crippen LogP contribution in [0, 0.1) is 23.7 Å². The van der Waals surface area contributed by atoms with Crippen LogP contribution in [0.5, 0.6) is 5.75 Å². The molecule has 0 aliphatic heterocycles. The molecule has 11 heteroatoms. The summed E-state index contributed by atoms with van der Waals surface area (Å²) in [6.07, 6.45) is 0.146. The zero-order chi connectivity index (χ0) is 25.4. The summed E-state index contributed by atoms with van der Waals surface area (Å²) in [5, 5.41) is 33.6. The number of nitrogens with zero attached hydrogens (tertiary/aromatic N) is 1. The van der Waals surface area contributed by atoms with Gasteiger partial charge in [-0.25, -0.2) is 0 Å². The first-order chi connectivity index (χ1) is 15.8. The van der Waals surface area contributed by atoms with Gasteiger partial charge >= 0.3 is 0 Å². The number of aromatic hydroxyl groups is 1. The number of aliphatic hydroxyl groups is 2. The second-order valence-electron chi connectivity index (χ2n) is 9.44. The summed E-state index contributed by atoms with van der Waals surface area (Å²) in [6, 6.07) is 1.57. The van der Waals surface area contributed by atoms with Crippen LogP contribution in [0.1, 0.15) is 28.8 Å². The summed E-state index contributed by atoms with van der Waals surface area (Å²) < 4.78 is 0. The van der Waals surface area contributed by atoms with Crippen LogP contribution in [0.15, 0.2) is 17.0 Å². The molecule has 8 atom stereocenters. The van der Waals surface area contributed by atoms with Gasteiger partial charge in [-0.15, -0.1) is 11.8 Å². The number of primary amides is 1. The van der Waals surface area contributed by atoms with Crippen LogP contribution in [0.25, 0.3) is 0 Å². The number of hydrogen-bond donors (Lipinski definition) is 4. The van der Waals surface area contributed by atoms with E-state index in [1.54, 1.807) is 19.2 Å². The zero-order valence-corrected chi connectivity index (χ0v) is 19.8. The first-order valence-corrected chi connectivity index (χ1v) is 12.0. The molecule has 2 saturated carbocycles. The molecule has 0 radical (unpaired) electrons. The highest BCUT2D eigenvalue weighted by molar-refractivity contribution is 7.98. The summed E-state index contributed by atoms with van der Waals surface area (Å²) in [6.45, 7) is 1.69. The van der Waals surface area contributed by atoms with E-state index in [0.29, 0.717) is 10.5 Å². The fourth-order valence-electron chi connectivity index (χ4n) is 6.21. The SMILES string of the molecule is CSc1ccc(O)c2c1[C@H](C)[C@@H]1C(C2=O)C(=O)[C@]2(O)C(=O)C(C(N)=O)C(=O)[C@@H](N(C)C)[C@@H]2[C@H]1O. The van der Waals surface area contributed by atoms with Crippen LogP contribution < -0.4 is 5.73 Å². The minimum atomic E-state index is -2.98. The molecule has 5 N–H and O–H groups in total. The van der Waals surface area contributed by atoms with Crippen LogP contribution in [0.2, 0.25) is 0 Å². The summed E-state index contributed by atoms with van der Waals surface area (Å²) in [7, 11) is 2.91. The Hall–Kier alpha value is -2.60. The molecule has 10 nitrogen and oxygen atoms in total. The number of thioether (sulfide) groups is 1. The van der Waals surface area contributed by atoms with E-state index >= 15 is 0 Å². The third kappa shape index (κ3) is 2.90. The van der Waals surface area contributed by atoms with Crippen molar-refractivity contribution >= 4 is 40.8 Å². The van der Waals surface area contributed by atoms with E-state index in [4.69, 9.17) is 5.73 Å². The molecule has 1 amide bonds. The van der Waals surface area contributed by atoms with Crippen molar-refractivity contribution in [2.75, 3.05) is 20.4 Å². The number of amides is 1. The zero-order valence-electron chi connectivity index (χ0n) is 19.0. The summed E-state index contributed by atoms with van der Waals surface area (Å²) >= 11 is 1.32. The molecule has 182 valence electrons. The van der Waals surface area contributed by atoms with E-state index in [1.165, 1.54) is 36.8 Å². The lowest BCUT2D eigenvalue weighted by Crippen LogP contribution is -2.77. The first kappa shape index (κ1) is 24.5. The molecule has 0 bridgehead atoms. The monoisotopic (exact) mass is 490 g/mol.